The summed E-state index contributed by atoms with van der Waals surface area (Å²) in [6.45, 7) is 5.34. The lowest BCUT2D eigenvalue weighted by atomic mass is 9.64. The number of amides is 1. The second kappa shape index (κ2) is 13.7. The second-order valence-electron chi connectivity index (χ2n) is 12.5. The van der Waals surface area contributed by atoms with Gasteiger partial charge >= 0.3 is 0 Å². The molecule has 0 bridgehead atoms. The Balaban J connectivity index is 1.55. The Kier molecular flexibility index (Phi) is 10.8. The highest BCUT2D eigenvalue weighted by atomic mass is 16.6. The van der Waals surface area contributed by atoms with Gasteiger partial charge in [-0.05, 0) is 62.7 Å². The molecule has 1 aliphatic heterocycles. The van der Waals surface area contributed by atoms with E-state index >= 15 is 0 Å². The second-order valence-corrected chi connectivity index (χ2v) is 12.5. The van der Waals surface area contributed by atoms with E-state index in [1.165, 1.54) is 0 Å². The Morgan fingerprint density at radius 3 is 2.33 bits per heavy atom. The first-order valence-corrected chi connectivity index (χ1v) is 15.0. The molecule has 4 rings (SSSR count). The molecule has 10 heteroatoms. The van der Waals surface area contributed by atoms with Crippen molar-refractivity contribution in [1.29, 1.82) is 0 Å². The van der Waals surface area contributed by atoms with Crippen molar-refractivity contribution in [1.82, 2.24) is 10.6 Å². The summed E-state index contributed by atoms with van der Waals surface area (Å²) in [6, 6.07) is 0.0418. The lowest BCUT2D eigenvalue weighted by molar-refractivity contribution is -0.705. The van der Waals surface area contributed by atoms with E-state index in [4.69, 9.17) is 24.7 Å². The summed E-state index contributed by atoms with van der Waals surface area (Å²) in [5.41, 5.74) is 6.45. The Hall–Kier alpha value is -1.14. The zero-order chi connectivity index (χ0) is 28.3. The van der Waals surface area contributed by atoms with Gasteiger partial charge in [-0.1, -0.05) is 0 Å². The van der Waals surface area contributed by atoms with Gasteiger partial charge in [-0.25, -0.2) is 0 Å². The van der Waals surface area contributed by atoms with E-state index in [-0.39, 0.29) is 77.9 Å². The van der Waals surface area contributed by atoms with Crippen LogP contribution in [0.25, 0.3) is 0 Å². The van der Waals surface area contributed by atoms with Gasteiger partial charge in [0.15, 0.2) is 0 Å². The molecule has 10 nitrogen and oxygen atoms in total. The fourth-order valence-corrected chi connectivity index (χ4v) is 8.58. The molecular formula is C29H53N4O6+. The van der Waals surface area contributed by atoms with Crippen LogP contribution in [-0.4, -0.2) is 102 Å². The maximum Gasteiger partial charge on any atom is 0.217 e. The van der Waals surface area contributed by atoms with E-state index in [2.05, 4.69) is 22.9 Å². The van der Waals surface area contributed by atoms with Crippen molar-refractivity contribution in [3.63, 3.8) is 0 Å². The monoisotopic (exact) mass is 553 g/mol. The summed E-state index contributed by atoms with van der Waals surface area (Å²) >= 11 is 0. The van der Waals surface area contributed by atoms with Crippen LogP contribution in [0.3, 0.4) is 0 Å². The fourth-order valence-electron chi connectivity index (χ4n) is 8.58. The largest absolute Gasteiger partial charge is 0.379 e. The van der Waals surface area contributed by atoms with Crippen LogP contribution in [0.4, 0.5) is 0 Å². The minimum atomic E-state index is -0.212. The average Bonchev–Trinajstić information content (AvgIpc) is 3.16. The van der Waals surface area contributed by atoms with Gasteiger partial charge in [0.1, 0.15) is 17.9 Å². The van der Waals surface area contributed by atoms with Crippen LogP contribution < -0.4 is 21.7 Å². The molecule has 224 valence electrons. The Bertz CT molecular complexity index is 832. The van der Waals surface area contributed by atoms with E-state index in [1.807, 2.05) is 0 Å². The van der Waals surface area contributed by atoms with Gasteiger partial charge in [-0.15, -0.1) is 0 Å². The highest BCUT2D eigenvalue weighted by molar-refractivity contribution is 5.84. The number of quaternary nitrogens is 1. The van der Waals surface area contributed by atoms with Crippen molar-refractivity contribution >= 4 is 11.7 Å². The maximum atomic E-state index is 13.8. The quantitative estimate of drug-likeness (QED) is 0.325. The molecule has 0 spiro atoms. The Labute approximate surface area is 234 Å². The normalized spacial score (nSPS) is 45.0. The van der Waals surface area contributed by atoms with Crippen LogP contribution in [-0.2, 0) is 28.5 Å². The Morgan fingerprint density at radius 2 is 1.69 bits per heavy atom. The molecule has 0 aromatic carbocycles. The number of fused-ring (bicyclic) bond motifs is 3. The molecule has 13 atom stereocenters. The molecule has 1 heterocycles. The molecule has 0 aromatic rings. The lowest BCUT2D eigenvalue weighted by Gasteiger charge is -2.48. The van der Waals surface area contributed by atoms with Crippen LogP contribution in [0.2, 0.25) is 0 Å². The third-order valence-corrected chi connectivity index (χ3v) is 10.6. The first kappa shape index (κ1) is 30.8. The average molecular weight is 554 g/mol. The summed E-state index contributed by atoms with van der Waals surface area (Å²) in [6.07, 6.45) is 4.53. The van der Waals surface area contributed by atoms with Gasteiger partial charge in [-0.2, -0.15) is 0 Å². The SMILES string of the molecule is COC1CC2CCC(NC(C)=O)C3CC(=O)C(NCC4C[NH2+]C(C)C(N)C4OC)CCC3C2C(OC)C1OC. The molecule has 0 radical (unpaired) electrons. The van der Waals surface area contributed by atoms with Crippen LogP contribution >= 0.6 is 0 Å². The third-order valence-electron chi connectivity index (χ3n) is 10.6. The van der Waals surface area contributed by atoms with E-state index in [9.17, 15) is 9.59 Å². The molecule has 1 saturated heterocycles. The van der Waals surface area contributed by atoms with Gasteiger partial charge in [-0.3, -0.25) is 9.59 Å². The first-order valence-electron chi connectivity index (χ1n) is 15.0. The molecule has 4 aliphatic rings. The minimum absolute atomic E-state index is 0.0226. The highest BCUT2D eigenvalue weighted by Crippen LogP contribution is 2.50. The van der Waals surface area contributed by atoms with Gasteiger partial charge in [0, 0.05) is 60.3 Å². The minimum Gasteiger partial charge on any atom is -0.379 e. The number of ether oxygens (including phenoxy) is 4. The van der Waals surface area contributed by atoms with Crippen LogP contribution in [0, 0.1) is 29.6 Å². The Morgan fingerprint density at radius 1 is 0.974 bits per heavy atom. The summed E-state index contributed by atoms with van der Waals surface area (Å²) < 4.78 is 23.8. The molecule has 3 saturated carbocycles. The van der Waals surface area contributed by atoms with Crippen molar-refractivity contribution in [3.05, 3.63) is 0 Å². The van der Waals surface area contributed by atoms with Gasteiger partial charge in [0.05, 0.1) is 36.9 Å². The maximum absolute atomic E-state index is 13.8. The molecular weight excluding hydrogens is 500 g/mol. The summed E-state index contributed by atoms with van der Waals surface area (Å²) in [4.78, 5) is 26.0. The number of hydrogen-bond donors (Lipinski definition) is 4. The number of hydrogen-bond acceptors (Lipinski definition) is 8. The summed E-state index contributed by atoms with van der Waals surface area (Å²) in [7, 11) is 6.98. The van der Waals surface area contributed by atoms with Crippen molar-refractivity contribution in [2.45, 2.75) is 101 Å². The number of nitrogens with two attached hydrogens (primary N) is 2. The van der Waals surface area contributed by atoms with Crippen molar-refractivity contribution < 1.29 is 33.9 Å². The van der Waals surface area contributed by atoms with Gasteiger partial charge in [0.25, 0.3) is 0 Å². The van der Waals surface area contributed by atoms with Crippen molar-refractivity contribution in [2.75, 3.05) is 41.5 Å². The van der Waals surface area contributed by atoms with Crippen LogP contribution in [0.5, 0.6) is 0 Å². The van der Waals surface area contributed by atoms with E-state index in [1.54, 1.807) is 35.4 Å². The van der Waals surface area contributed by atoms with Gasteiger partial charge < -0.3 is 40.6 Å². The molecule has 6 N–H and O–H groups in total. The highest BCUT2D eigenvalue weighted by Gasteiger charge is 2.54. The fraction of sp³-hybridized carbons (Fsp3) is 0.931. The number of ketones is 1. The predicted octanol–water partition coefficient (Wildman–Crippen LogP) is -0.166. The zero-order valence-electron chi connectivity index (χ0n) is 24.8. The molecule has 3 aliphatic carbocycles. The number of methoxy groups -OCH3 is 4. The van der Waals surface area contributed by atoms with E-state index in [0.29, 0.717) is 24.9 Å². The standard InChI is InChI=1S/C29H52N4O6/c1-15-26(30)27(37-4)18(13-31-15)14-32-22-10-8-19-20(12-23(22)35)21(33-16(2)34)9-7-17-11-24(36-3)28(38-5)29(39-6)25(17)19/h15,17-22,24-29,31-32H,7-14,30H2,1-6H3,(H,33,34)/p+1. The number of carbonyl (C=O) groups excluding carboxylic acids is 2. The van der Waals surface area contributed by atoms with E-state index in [0.717, 1.165) is 38.6 Å². The number of rotatable bonds is 8. The molecule has 4 fully saturated rings. The van der Waals surface area contributed by atoms with Crippen LogP contribution in [0.15, 0.2) is 0 Å². The molecule has 1 amide bonds. The van der Waals surface area contributed by atoms with Gasteiger partial charge in [0.2, 0.25) is 5.91 Å². The number of piperidine rings is 1. The number of carbonyl (C=O) groups is 2. The first-order chi connectivity index (χ1) is 18.7. The van der Waals surface area contributed by atoms with Crippen molar-refractivity contribution in [3.8, 4) is 0 Å². The lowest BCUT2D eigenvalue weighted by Crippen LogP contribution is -2.98. The zero-order valence-corrected chi connectivity index (χ0v) is 24.8. The molecule has 0 aromatic heterocycles. The smallest absolute Gasteiger partial charge is 0.217 e. The molecule has 13 unspecified atom stereocenters. The van der Waals surface area contributed by atoms with Crippen LogP contribution in [0.1, 0.15) is 52.4 Å². The number of Topliss-reactive ketones (excluding diaryl/α,β-unsaturated/α-hetero) is 1. The topological polar surface area (TPSA) is 138 Å². The molecule has 39 heavy (non-hydrogen) atoms. The summed E-state index contributed by atoms with van der Waals surface area (Å²) in [5, 5.41) is 9.14. The van der Waals surface area contributed by atoms with Crippen molar-refractivity contribution in [2.24, 2.45) is 35.3 Å². The predicted molar refractivity (Wildman–Crippen MR) is 147 cm³/mol. The van der Waals surface area contributed by atoms with E-state index < -0.39 is 0 Å². The number of nitrogens with one attached hydrogen (secondary N) is 2. The third kappa shape index (κ3) is 6.52. The summed E-state index contributed by atoms with van der Waals surface area (Å²) in [5.74, 6) is 1.39.